The van der Waals surface area contributed by atoms with Gasteiger partial charge in [0.2, 0.25) is 3.79 Å². The molecule has 0 heterocycles. The molecule has 9 heteroatoms. The molecule has 0 nitrogen and oxygen atoms in total. The molecule has 0 fully saturated rings. The first-order valence-corrected chi connectivity index (χ1v) is 9.85. The van der Waals surface area contributed by atoms with Crippen LogP contribution in [-0.4, -0.2) is 16.8 Å². The van der Waals surface area contributed by atoms with E-state index in [0.29, 0.717) is 6.42 Å². The molecule has 1 unspecified atom stereocenters. The molecule has 0 saturated carbocycles. The van der Waals surface area contributed by atoms with Crippen LogP contribution in [0.15, 0.2) is 24.3 Å². The SMILES string of the molecule is ClC(Cl)(Cl)C(Cl)(Cl)C(Cl)(Cl)C(Cl)(Cl)C1[CH]c2ccccc2CC1. The second-order valence-corrected chi connectivity index (χ2v) is 11.6. The van der Waals surface area contributed by atoms with E-state index < -0.39 is 22.7 Å². The highest BCUT2D eigenvalue weighted by Crippen LogP contribution is 2.65. The minimum Gasteiger partial charge on any atom is -0.0978 e. The molecule has 1 atom stereocenters. The zero-order chi connectivity index (χ0) is 17.7. The van der Waals surface area contributed by atoms with Crippen LogP contribution in [0, 0.1) is 12.3 Å². The van der Waals surface area contributed by atoms with Crippen molar-refractivity contribution in [2.24, 2.45) is 5.92 Å². The van der Waals surface area contributed by atoms with E-state index in [1.807, 2.05) is 30.7 Å². The van der Waals surface area contributed by atoms with Gasteiger partial charge in [-0.1, -0.05) is 129 Å². The summed E-state index contributed by atoms with van der Waals surface area (Å²) in [5.41, 5.74) is 2.16. The number of halogens is 9. The molecule has 1 aliphatic carbocycles. The van der Waals surface area contributed by atoms with Crippen molar-refractivity contribution in [3.05, 3.63) is 41.8 Å². The van der Waals surface area contributed by atoms with Crippen molar-refractivity contribution in [2.75, 3.05) is 0 Å². The third kappa shape index (κ3) is 3.78. The Kier molecular flexibility index (Phi) is 6.52. The number of benzene rings is 1. The van der Waals surface area contributed by atoms with Crippen molar-refractivity contribution in [3.8, 4) is 0 Å². The fourth-order valence-electron chi connectivity index (χ4n) is 2.44. The standard InChI is InChI=1S/C14H10Cl9/c15-11(16,12(17,18)13(19,20)14(21,22)23)10-6-5-8-3-1-2-4-9(8)7-10/h1-4,7,10H,5-6H2. The second kappa shape index (κ2) is 7.10. The van der Waals surface area contributed by atoms with Gasteiger partial charge in [-0.2, -0.15) is 0 Å². The van der Waals surface area contributed by atoms with E-state index >= 15 is 0 Å². The largest absolute Gasteiger partial charge is 0.226 e. The van der Waals surface area contributed by atoms with Gasteiger partial charge in [0, 0.05) is 5.92 Å². The summed E-state index contributed by atoms with van der Waals surface area (Å²) in [5.74, 6) is -0.444. The summed E-state index contributed by atoms with van der Waals surface area (Å²) >= 11 is 55.3. The molecule has 1 aromatic rings. The number of hydrogen-bond acceptors (Lipinski definition) is 0. The van der Waals surface area contributed by atoms with E-state index in [0.717, 1.165) is 12.0 Å². The van der Waals surface area contributed by atoms with Crippen molar-refractivity contribution >= 4 is 104 Å². The first-order chi connectivity index (χ1) is 10.3. The topological polar surface area (TPSA) is 0 Å². The fourth-order valence-corrected chi connectivity index (χ4v) is 4.84. The summed E-state index contributed by atoms with van der Waals surface area (Å²) in [6.07, 6.45) is 3.21. The van der Waals surface area contributed by atoms with Crippen LogP contribution in [0.4, 0.5) is 0 Å². The molecular formula is C14H10Cl9. The highest BCUT2D eigenvalue weighted by Gasteiger charge is 2.69. The van der Waals surface area contributed by atoms with Crippen LogP contribution >= 0.6 is 104 Å². The first kappa shape index (κ1) is 21.1. The monoisotopic (exact) mass is 493 g/mol. The summed E-state index contributed by atoms with van der Waals surface area (Å²) in [6.45, 7) is 0. The summed E-state index contributed by atoms with van der Waals surface area (Å²) in [4.78, 5) is 0. The number of alkyl halides is 9. The number of aryl methyl sites for hydroxylation is 1. The van der Waals surface area contributed by atoms with E-state index in [9.17, 15) is 0 Å². The lowest BCUT2D eigenvalue weighted by atomic mass is 9.80. The molecular weight excluding hydrogens is 487 g/mol. The molecule has 0 aromatic heterocycles. The van der Waals surface area contributed by atoms with Crippen LogP contribution in [0.25, 0.3) is 0 Å². The lowest BCUT2D eigenvalue weighted by molar-refractivity contribution is 0.421. The van der Waals surface area contributed by atoms with E-state index in [4.69, 9.17) is 104 Å². The van der Waals surface area contributed by atoms with Crippen LogP contribution in [0.3, 0.4) is 0 Å². The Balaban J connectivity index is 2.35. The van der Waals surface area contributed by atoms with Gasteiger partial charge in [0.05, 0.1) is 0 Å². The van der Waals surface area contributed by atoms with Gasteiger partial charge in [-0.25, -0.2) is 0 Å². The van der Waals surface area contributed by atoms with Crippen LogP contribution in [0.5, 0.6) is 0 Å². The van der Waals surface area contributed by atoms with Crippen LogP contribution in [-0.2, 0) is 6.42 Å². The second-order valence-electron chi connectivity index (χ2n) is 5.28. The van der Waals surface area contributed by atoms with E-state index in [2.05, 4.69) is 0 Å². The molecule has 0 bridgehead atoms. The van der Waals surface area contributed by atoms with Crippen molar-refractivity contribution < 1.29 is 0 Å². The van der Waals surface area contributed by atoms with Crippen molar-refractivity contribution in [1.29, 1.82) is 0 Å². The van der Waals surface area contributed by atoms with Crippen LogP contribution in [0.1, 0.15) is 17.5 Å². The Labute approximate surface area is 180 Å². The van der Waals surface area contributed by atoms with E-state index in [-0.39, 0.29) is 0 Å². The maximum absolute atomic E-state index is 6.49. The van der Waals surface area contributed by atoms with Gasteiger partial charge in [0.1, 0.15) is 0 Å². The third-order valence-electron chi connectivity index (χ3n) is 3.80. The lowest BCUT2D eigenvalue weighted by Crippen LogP contribution is -2.59. The molecule has 1 radical (unpaired) electrons. The van der Waals surface area contributed by atoms with Gasteiger partial charge in [0.25, 0.3) is 0 Å². The quantitative estimate of drug-likeness (QED) is 0.376. The summed E-state index contributed by atoms with van der Waals surface area (Å²) in [6, 6.07) is 7.83. The zero-order valence-corrected chi connectivity index (χ0v) is 18.1. The average molecular weight is 497 g/mol. The highest BCUT2D eigenvalue weighted by molar-refractivity contribution is 6.80. The maximum atomic E-state index is 6.49. The molecule has 1 aliphatic rings. The Hall–Kier alpha value is 1.83. The van der Waals surface area contributed by atoms with Gasteiger partial charge in [-0.05, 0) is 30.4 Å². The third-order valence-corrected chi connectivity index (χ3v) is 9.42. The molecule has 129 valence electrons. The zero-order valence-electron chi connectivity index (χ0n) is 11.3. The van der Waals surface area contributed by atoms with Crippen molar-refractivity contribution in [2.45, 2.75) is 29.6 Å². The van der Waals surface area contributed by atoms with Crippen molar-refractivity contribution in [3.63, 3.8) is 0 Å². The molecule has 0 N–H and O–H groups in total. The molecule has 2 rings (SSSR count). The van der Waals surface area contributed by atoms with Gasteiger partial charge in [-0.15, -0.1) is 0 Å². The Bertz CT molecular complexity index is 574. The van der Waals surface area contributed by atoms with E-state index in [1.165, 1.54) is 5.56 Å². The van der Waals surface area contributed by atoms with Gasteiger partial charge in [0.15, 0.2) is 13.0 Å². The molecule has 1 aromatic carbocycles. The summed E-state index contributed by atoms with van der Waals surface area (Å²) in [5, 5.41) is 0. The molecule has 0 aliphatic heterocycles. The Morgan fingerprint density at radius 3 is 1.91 bits per heavy atom. The number of fused-ring (bicyclic) bond motifs is 1. The van der Waals surface area contributed by atoms with Crippen LogP contribution in [0.2, 0.25) is 0 Å². The number of rotatable bonds is 3. The minimum atomic E-state index is -2.25. The normalized spacial score (nSPS) is 20.3. The van der Waals surface area contributed by atoms with Gasteiger partial charge < -0.3 is 0 Å². The predicted molar refractivity (Wildman–Crippen MR) is 105 cm³/mol. The minimum absolute atomic E-state index is 0.444. The smallest absolute Gasteiger partial charge is 0.0978 e. The fraction of sp³-hybridized carbons (Fsp3) is 0.500. The maximum Gasteiger partial charge on any atom is 0.226 e. The van der Waals surface area contributed by atoms with Crippen molar-refractivity contribution in [1.82, 2.24) is 0 Å². The van der Waals surface area contributed by atoms with Gasteiger partial charge in [-0.3, -0.25) is 0 Å². The molecule has 0 spiro atoms. The summed E-state index contributed by atoms with van der Waals surface area (Å²) < 4.78 is -8.41. The predicted octanol–water partition coefficient (Wildman–Crippen LogP) is 7.69. The van der Waals surface area contributed by atoms with E-state index in [1.54, 1.807) is 0 Å². The molecule has 0 amide bonds. The van der Waals surface area contributed by atoms with Gasteiger partial charge >= 0.3 is 0 Å². The summed E-state index contributed by atoms with van der Waals surface area (Å²) in [7, 11) is 0. The first-order valence-electron chi connectivity index (χ1n) is 6.45. The molecule has 23 heavy (non-hydrogen) atoms. The lowest BCUT2D eigenvalue weighted by Gasteiger charge is -2.47. The average Bonchev–Trinajstić information content (AvgIpc) is 2.45. The Morgan fingerprint density at radius 1 is 0.783 bits per heavy atom. The highest BCUT2D eigenvalue weighted by atomic mass is 35.6. The Morgan fingerprint density at radius 2 is 1.35 bits per heavy atom. The molecule has 0 saturated heterocycles. The number of hydrogen-bond donors (Lipinski definition) is 0. The van der Waals surface area contributed by atoms with Crippen LogP contribution < -0.4 is 0 Å².